The zero-order valence-electron chi connectivity index (χ0n) is 19.5. The van der Waals surface area contributed by atoms with Gasteiger partial charge in [0.2, 0.25) is 0 Å². The van der Waals surface area contributed by atoms with Crippen molar-refractivity contribution < 1.29 is 9.47 Å². The van der Waals surface area contributed by atoms with Crippen LogP contribution in [0.15, 0.2) is 42.2 Å². The maximum Gasteiger partial charge on any atom is 0.147 e. The summed E-state index contributed by atoms with van der Waals surface area (Å²) in [6.45, 7) is 3.20. The van der Waals surface area contributed by atoms with E-state index in [-0.39, 0.29) is 34.9 Å². The van der Waals surface area contributed by atoms with Crippen LogP contribution in [0.4, 0.5) is 0 Å². The summed E-state index contributed by atoms with van der Waals surface area (Å²) in [5, 5.41) is 1.68. The third-order valence-electron chi connectivity index (χ3n) is 5.49. The average molecular weight is 1300 g/mol. The van der Waals surface area contributed by atoms with E-state index < -0.39 is 0 Å². The Bertz CT molecular complexity index is 928. The fraction of sp³-hybridized carbons (Fsp3) is 0.500. The molecule has 2 rings (SSSR count). The van der Waals surface area contributed by atoms with Gasteiger partial charge in [0.05, 0.1) is 27.5 Å². The van der Waals surface area contributed by atoms with Gasteiger partial charge in [-0.2, -0.15) is 0 Å². The van der Waals surface area contributed by atoms with E-state index >= 15 is 0 Å². The van der Waals surface area contributed by atoms with Crippen molar-refractivity contribution in [1.29, 1.82) is 0 Å². The van der Waals surface area contributed by atoms with Crippen molar-refractivity contribution in [2.24, 2.45) is 0 Å². The molecular formula is C24H22Br12O2. The molecule has 0 aliphatic heterocycles. The Hall–Kier alpha value is 3.80. The topological polar surface area (TPSA) is 18.5 Å². The molecule has 6 unspecified atom stereocenters. The van der Waals surface area contributed by atoms with Gasteiger partial charge >= 0.3 is 0 Å². The quantitative estimate of drug-likeness (QED) is 0.176. The SMILES string of the molecule is CC(c1cc(Br)c(OCC(Br)C(Br)C(Br)CBr)c(Br)c1)c1cc(Br)c(OCC(Br)C(Br)C(Br)CBr)c(Br)c1. The van der Waals surface area contributed by atoms with Crippen LogP contribution in [-0.4, -0.2) is 52.8 Å². The van der Waals surface area contributed by atoms with Crippen LogP contribution in [0.2, 0.25) is 0 Å². The van der Waals surface area contributed by atoms with E-state index in [1.807, 2.05) is 0 Å². The van der Waals surface area contributed by atoms with Crippen LogP contribution in [0.3, 0.4) is 0 Å². The van der Waals surface area contributed by atoms with Gasteiger partial charge in [-0.3, -0.25) is 0 Å². The first kappa shape index (κ1) is 38.0. The van der Waals surface area contributed by atoms with Crippen molar-refractivity contribution in [1.82, 2.24) is 0 Å². The first-order valence-electron chi connectivity index (χ1n) is 11.0. The molecule has 0 aliphatic carbocycles. The largest absolute Gasteiger partial charge is 0.490 e. The van der Waals surface area contributed by atoms with E-state index in [4.69, 9.17) is 9.47 Å². The number of hydrogen-bond donors (Lipinski definition) is 0. The second-order valence-electron chi connectivity index (χ2n) is 8.23. The Morgan fingerprint density at radius 2 is 0.842 bits per heavy atom. The molecule has 214 valence electrons. The Morgan fingerprint density at radius 1 is 0.553 bits per heavy atom. The van der Waals surface area contributed by atoms with E-state index in [0.717, 1.165) is 51.2 Å². The maximum atomic E-state index is 6.17. The second-order valence-corrected chi connectivity index (χ2v) is 19.8. The van der Waals surface area contributed by atoms with Gasteiger partial charge in [-0.05, 0) is 99.1 Å². The molecule has 0 saturated heterocycles. The first-order chi connectivity index (χ1) is 17.8. The third-order valence-corrected chi connectivity index (χ3v) is 19.8. The van der Waals surface area contributed by atoms with Crippen molar-refractivity contribution >= 4 is 191 Å². The predicted octanol–water partition coefficient (Wildman–Crippen LogP) is 13.0. The van der Waals surface area contributed by atoms with Crippen molar-refractivity contribution in [3.63, 3.8) is 0 Å². The lowest BCUT2D eigenvalue weighted by molar-refractivity contribution is 0.313. The van der Waals surface area contributed by atoms with Crippen LogP contribution in [-0.2, 0) is 0 Å². The van der Waals surface area contributed by atoms with Crippen LogP contribution >= 0.6 is 191 Å². The van der Waals surface area contributed by atoms with E-state index in [1.165, 1.54) is 0 Å². The lowest BCUT2D eigenvalue weighted by atomic mass is 9.93. The molecule has 0 aliphatic rings. The molecule has 2 aromatic rings. The Kier molecular flexibility index (Phi) is 18.7. The summed E-state index contributed by atoms with van der Waals surface area (Å²) in [7, 11) is 0. The van der Waals surface area contributed by atoms with Crippen molar-refractivity contribution in [3.05, 3.63) is 53.3 Å². The zero-order valence-corrected chi connectivity index (χ0v) is 38.6. The number of ether oxygens (including phenoxy) is 2. The normalized spacial score (nSPS) is 17.3. The van der Waals surface area contributed by atoms with Gasteiger partial charge in [0.15, 0.2) is 0 Å². The lowest BCUT2D eigenvalue weighted by Gasteiger charge is -2.23. The average Bonchev–Trinajstić information content (AvgIpc) is 2.89. The predicted molar refractivity (Wildman–Crippen MR) is 206 cm³/mol. The van der Waals surface area contributed by atoms with Crippen molar-refractivity contribution in [2.45, 2.75) is 41.8 Å². The minimum Gasteiger partial charge on any atom is -0.490 e. The highest BCUT2D eigenvalue weighted by atomic mass is 79.9. The summed E-state index contributed by atoms with van der Waals surface area (Å²) < 4.78 is 15.9. The van der Waals surface area contributed by atoms with Gasteiger partial charge in [0.1, 0.15) is 24.7 Å². The highest BCUT2D eigenvalue weighted by Gasteiger charge is 2.26. The fourth-order valence-corrected chi connectivity index (χ4v) is 11.2. The molecule has 0 spiro atoms. The molecule has 38 heavy (non-hydrogen) atoms. The molecule has 0 aromatic heterocycles. The molecule has 0 saturated carbocycles. The standard InChI is InChI=1S/C24H22Br12O2/c1-10(11-2-13(27)23(14(28)3-11)37-8-19(33)21(35)17(31)6-25)12-4-15(29)24(16(30)5-12)38-9-20(34)22(36)18(32)7-26/h2-5,10,17-22H,6-9H2,1H3. The zero-order chi connectivity index (χ0) is 28.7. The molecule has 0 radical (unpaired) electrons. The summed E-state index contributed by atoms with van der Waals surface area (Å²) in [5.41, 5.74) is 2.30. The number of rotatable bonds is 14. The minimum absolute atomic E-state index is 0.128. The van der Waals surface area contributed by atoms with Crippen LogP contribution in [0.25, 0.3) is 0 Å². The monoisotopic (exact) mass is 1290 g/mol. The molecule has 0 bridgehead atoms. The molecular weight excluding hydrogens is 1280 g/mol. The van der Waals surface area contributed by atoms with Gasteiger partial charge in [0.25, 0.3) is 0 Å². The number of alkyl halides is 8. The molecule has 0 N–H and O–H groups in total. The van der Waals surface area contributed by atoms with Crippen molar-refractivity contribution in [2.75, 3.05) is 23.9 Å². The molecule has 14 heteroatoms. The highest BCUT2D eigenvalue weighted by molar-refractivity contribution is 9.15. The molecule has 2 aromatic carbocycles. The summed E-state index contributed by atoms with van der Waals surface area (Å²) >= 11 is 44.2. The van der Waals surface area contributed by atoms with Crippen LogP contribution in [0, 0.1) is 0 Å². The molecule has 0 amide bonds. The van der Waals surface area contributed by atoms with Crippen LogP contribution in [0.1, 0.15) is 24.0 Å². The highest BCUT2D eigenvalue weighted by Crippen LogP contribution is 2.42. The second kappa shape index (κ2) is 18.7. The summed E-state index contributed by atoms with van der Waals surface area (Å²) in [6.07, 6.45) is 0. The van der Waals surface area contributed by atoms with Gasteiger partial charge < -0.3 is 9.47 Å². The lowest BCUT2D eigenvalue weighted by Crippen LogP contribution is -2.30. The third kappa shape index (κ3) is 11.0. The van der Waals surface area contributed by atoms with E-state index in [0.29, 0.717) is 13.2 Å². The molecule has 2 nitrogen and oxygen atoms in total. The maximum absolute atomic E-state index is 6.17. The summed E-state index contributed by atoms with van der Waals surface area (Å²) in [6, 6.07) is 8.46. The molecule has 6 atom stereocenters. The Labute approximate surface area is 326 Å². The van der Waals surface area contributed by atoms with Crippen LogP contribution in [0.5, 0.6) is 11.5 Å². The molecule has 0 heterocycles. The van der Waals surface area contributed by atoms with E-state index in [9.17, 15) is 0 Å². The number of halogens is 12. The smallest absolute Gasteiger partial charge is 0.147 e. The van der Waals surface area contributed by atoms with Crippen LogP contribution < -0.4 is 9.47 Å². The number of benzene rings is 2. The van der Waals surface area contributed by atoms with Gasteiger partial charge in [-0.25, -0.2) is 0 Å². The van der Waals surface area contributed by atoms with Gasteiger partial charge in [-0.15, -0.1) is 0 Å². The first-order valence-corrected chi connectivity index (χ1v) is 21.9. The Morgan fingerprint density at radius 3 is 1.11 bits per heavy atom. The number of hydrogen-bond acceptors (Lipinski definition) is 2. The van der Waals surface area contributed by atoms with Gasteiger partial charge in [0, 0.05) is 35.9 Å². The minimum atomic E-state index is 0.128. The van der Waals surface area contributed by atoms with E-state index in [1.54, 1.807) is 0 Å². The fourth-order valence-electron chi connectivity index (χ4n) is 3.26. The van der Waals surface area contributed by atoms with Crippen molar-refractivity contribution in [3.8, 4) is 11.5 Å². The van der Waals surface area contributed by atoms with E-state index in [2.05, 4.69) is 222 Å². The van der Waals surface area contributed by atoms with Gasteiger partial charge in [-0.1, -0.05) is 134 Å². The molecule has 0 fully saturated rings. The summed E-state index contributed by atoms with van der Waals surface area (Å²) in [5.74, 6) is 1.69. The Balaban J connectivity index is 2.16. The summed E-state index contributed by atoms with van der Waals surface area (Å²) in [4.78, 5) is 1.23.